The van der Waals surface area contributed by atoms with Gasteiger partial charge in [0.15, 0.2) is 0 Å². The number of carboxylic acid groups (broad SMARTS) is 1. The van der Waals surface area contributed by atoms with Crippen LogP contribution >= 0.6 is 0 Å². The second-order valence-corrected chi connectivity index (χ2v) is 10.1. The molecule has 11 nitrogen and oxygen atoms in total. The molecule has 4 N–H and O–H groups in total. The molecule has 0 bridgehead atoms. The molecule has 2 heterocycles. The Balaban J connectivity index is 1.45. The number of imide groups is 1. The number of aromatic nitrogens is 2. The Morgan fingerprint density at radius 1 is 0.949 bits per heavy atom. The Morgan fingerprint density at radius 2 is 1.56 bits per heavy atom. The van der Waals surface area contributed by atoms with Crippen LogP contribution in [0, 0.1) is 5.92 Å². The molecular weight excluding hydrogens is 502 g/mol. The first-order valence-corrected chi connectivity index (χ1v) is 12.8. The van der Waals surface area contributed by atoms with Crippen LogP contribution in [0.3, 0.4) is 0 Å². The lowest BCUT2D eigenvalue weighted by Crippen LogP contribution is -2.52. The smallest absolute Gasteiger partial charge is 0.320 e. The lowest BCUT2D eigenvalue weighted by Gasteiger charge is -2.26. The van der Waals surface area contributed by atoms with Gasteiger partial charge in [-0.05, 0) is 54.7 Å². The van der Waals surface area contributed by atoms with Gasteiger partial charge in [-0.3, -0.25) is 34.2 Å². The predicted octanol–water partition coefficient (Wildman–Crippen LogP) is 2.24. The zero-order valence-corrected chi connectivity index (χ0v) is 21.9. The predicted molar refractivity (Wildman–Crippen MR) is 143 cm³/mol. The number of carbonyl (C=O) groups is 4. The summed E-state index contributed by atoms with van der Waals surface area (Å²) in [5, 5.41) is 23.5. The van der Waals surface area contributed by atoms with Gasteiger partial charge in [0.1, 0.15) is 6.04 Å². The third kappa shape index (κ3) is 6.20. The zero-order chi connectivity index (χ0) is 28.3. The largest absolute Gasteiger partial charge is 0.480 e. The minimum absolute atomic E-state index is 0.0644. The molecule has 1 aliphatic rings. The van der Waals surface area contributed by atoms with E-state index in [-0.39, 0.29) is 24.4 Å². The highest BCUT2D eigenvalue weighted by Crippen LogP contribution is 2.28. The number of fused-ring (bicyclic) bond motifs is 2. The van der Waals surface area contributed by atoms with Gasteiger partial charge in [0.2, 0.25) is 5.91 Å². The number of nitrogens with one attached hydrogen (secondary N) is 3. The first-order chi connectivity index (χ1) is 18.5. The van der Waals surface area contributed by atoms with Gasteiger partial charge in [-0.15, -0.1) is 0 Å². The highest BCUT2D eigenvalue weighted by Gasteiger charge is 2.37. The number of H-pyrrole nitrogens is 1. The third-order valence-corrected chi connectivity index (χ3v) is 6.71. The molecule has 204 valence electrons. The minimum Gasteiger partial charge on any atom is -0.480 e. The summed E-state index contributed by atoms with van der Waals surface area (Å²) in [4.78, 5) is 63.7. The Hall–Kier alpha value is -4.38. The molecule has 0 radical (unpaired) electrons. The van der Waals surface area contributed by atoms with Crippen molar-refractivity contribution >= 4 is 34.5 Å². The van der Waals surface area contributed by atoms with Crippen LogP contribution in [0.15, 0.2) is 53.3 Å². The maximum absolute atomic E-state index is 13.1. The monoisotopic (exact) mass is 533 g/mol. The van der Waals surface area contributed by atoms with Crippen molar-refractivity contribution in [2.75, 3.05) is 6.54 Å². The SMILES string of the molecule is CC(C)C[C@H](N[C@H](CCN1C(=O)c2cc3ccccc3cc2C1=O)C(=O)O)C(=O)NC(C)c1ccc(=O)[nH]n1. The molecular formula is C28H31N5O6. The second-order valence-electron chi connectivity index (χ2n) is 10.1. The van der Waals surface area contributed by atoms with E-state index in [0.29, 0.717) is 23.2 Å². The Kier molecular flexibility index (Phi) is 8.20. The van der Waals surface area contributed by atoms with Gasteiger partial charge >= 0.3 is 5.97 Å². The number of hydrogen-bond donors (Lipinski definition) is 4. The van der Waals surface area contributed by atoms with Crippen LogP contribution in [0.5, 0.6) is 0 Å². The van der Waals surface area contributed by atoms with Crippen molar-refractivity contribution in [2.45, 2.75) is 51.7 Å². The van der Waals surface area contributed by atoms with Crippen molar-refractivity contribution < 1.29 is 24.3 Å². The highest BCUT2D eigenvalue weighted by molar-refractivity contribution is 6.23. The summed E-state index contributed by atoms with van der Waals surface area (Å²) in [5.74, 6) is -2.50. The highest BCUT2D eigenvalue weighted by atomic mass is 16.4. The van der Waals surface area contributed by atoms with Crippen molar-refractivity contribution in [1.82, 2.24) is 25.7 Å². The Bertz CT molecular complexity index is 1410. The number of hydrogen-bond acceptors (Lipinski definition) is 7. The molecule has 1 unspecified atom stereocenters. The Morgan fingerprint density at radius 3 is 2.08 bits per heavy atom. The number of aliphatic carboxylic acids is 1. The van der Waals surface area contributed by atoms with Crippen LogP contribution in [0.1, 0.15) is 66.1 Å². The van der Waals surface area contributed by atoms with E-state index >= 15 is 0 Å². The summed E-state index contributed by atoms with van der Waals surface area (Å²) >= 11 is 0. The molecule has 3 aromatic rings. The summed E-state index contributed by atoms with van der Waals surface area (Å²) in [6.07, 6.45) is 0.264. The molecule has 0 aliphatic carbocycles. The number of benzene rings is 2. The summed E-state index contributed by atoms with van der Waals surface area (Å²) in [5.41, 5.74) is 0.660. The van der Waals surface area contributed by atoms with E-state index < -0.39 is 41.8 Å². The number of rotatable bonds is 11. The number of carboxylic acids is 1. The average Bonchev–Trinajstić information content (AvgIpc) is 3.12. The van der Waals surface area contributed by atoms with Crippen LogP contribution in [-0.4, -0.2) is 62.5 Å². The molecule has 11 heteroatoms. The summed E-state index contributed by atoms with van der Waals surface area (Å²) < 4.78 is 0. The van der Waals surface area contributed by atoms with Crippen molar-refractivity contribution in [3.05, 3.63) is 75.7 Å². The van der Waals surface area contributed by atoms with Gasteiger partial charge in [0.05, 0.1) is 28.9 Å². The van der Waals surface area contributed by atoms with E-state index in [2.05, 4.69) is 20.8 Å². The molecule has 0 spiro atoms. The molecule has 4 rings (SSSR count). The van der Waals surface area contributed by atoms with Gasteiger partial charge in [-0.2, -0.15) is 5.10 Å². The number of carbonyl (C=O) groups excluding carboxylic acids is 3. The lowest BCUT2D eigenvalue weighted by molar-refractivity contribution is -0.140. The van der Waals surface area contributed by atoms with Crippen LogP contribution < -0.4 is 16.2 Å². The van der Waals surface area contributed by atoms with E-state index in [1.54, 1.807) is 19.1 Å². The average molecular weight is 534 g/mol. The number of nitrogens with zero attached hydrogens (tertiary/aromatic N) is 2. The standard InChI is InChI=1S/C28H31N5O6/c1-15(2)12-23(25(35)29-16(3)21-8-9-24(34)32-31-21)30-22(28(38)39)10-11-33-26(36)19-13-17-6-4-5-7-18(17)14-20(19)27(33)37/h4-9,13-16,22-23,30H,10-12H2,1-3H3,(H,29,35)(H,32,34)(H,38,39)/t16?,22-,23+/m1/s1. The van der Waals surface area contributed by atoms with Crippen LogP contribution in [0.25, 0.3) is 10.8 Å². The van der Waals surface area contributed by atoms with E-state index in [1.165, 1.54) is 12.1 Å². The van der Waals surface area contributed by atoms with Crippen molar-refractivity contribution in [2.24, 2.45) is 5.92 Å². The van der Waals surface area contributed by atoms with Gasteiger partial charge in [0, 0.05) is 12.6 Å². The van der Waals surface area contributed by atoms with Crippen molar-refractivity contribution in [3.63, 3.8) is 0 Å². The van der Waals surface area contributed by atoms with Crippen LogP contribution in [0.2, 0.25) is 0 Å². The normalized spacial score (nSPS) is 15.3. The van der Waals surface area contributed by atoms with Crippen molar-refractivity contribution in [1.29, 1.82) is 0 Å². The first kappa shape index (κ1) is 27.6. The fourth-order valence-corrected chi connectivity index (χ4v) is 4.67. The molecule has 0 saturated carbocycles. The molecule has 39 heavy (non-hydrogen) atoms. The van der Waals surface area contributed by atoms with E-state index in [4.69, 9.17) is 0 Å². The van der Waals surface area contributed by atoms with Crippen molar-refractivity contribution in [3.8, 4) is 0 Å². The van der Waals surface area contributed by atoms with E-state index in [9.17, 15) is 29.1 Å². The second kappa shape index (κ2) is 11.6. The molecule has 0 fully saturated rings. The van der Waals surface area contributed by atoms with Crippen LogP contribution in [-0.2, 0) is 9.59 Å². The van der Waals surface area contributed by atoms with Gasteiger partial charge < -0.3 is 10.4 Å². The molecule has 3 atom stereocenters. The van der Waals surface area contributed by atoms with Crippen LogP contribution in [0.4, 0.5) is 0 Å². The number of amides is 3. The molecule has 1 aliphatic heterocycles. The molecule has 3 amide bonds. The first-order valence-electron chi connectivity index (χ1n) is 12.8. The maximum atomic E-state index is 13.1. The van der Waals surface area contributed by atoms with E-state index in [0.717, 1.165) is 15.7 Å². The Labute approximate surface area is 224 Å². The minimum atomic E-state index is -1.20. The fourth-order valence-electron chi connectivity index (χ4n) is 4.67. The van der Waals surface area contributed by atoms with Gasteiger partial charge in [-0.25, -0.2) is 5.10 Å². The topological polar surface area (TPSA) is 162 Å². The lowest BCUT2D eigenvalue weighted by atomic mass is 10.0. The summed E-state index contributed by atoms with van der Waals surface area (Å²) in [6, 6.07) is 11.0. The maximum Gasteiger partial charge on any atom is 0.320 e. The zero-order valence-electron chi connectivity index (χ0n) is 21.9. The summed E-state index contributed by atoms with van der Waals surface area (Å²) in [6.45, 7) is 5.40. The quantitative estimate of drug-likeness (QED) is 0.273. The third-order valence-electron chi connectivity index (χ3n) is 6.71. The summed E-state index contributed by atoms with van der Waals surface area (Å²) in [7, 11) is 0. The van der Waals surface area contributed by atoms with E-state index in [1.807, 2.05) is 38.1 Å². The van der Waals surface area contributed by atoms with Gasteiger partial charge in [-0.1, -0.05) is 38.1 Å². The number of aromatic amines is 1. The fraction of sp³-hybridized carbons (Fsp3) is 0.357. The molecule has 1 aromatic heterocycles. The molecule has 2 aromatic carbocycles. The van der Waals surface area contributed by atoms with Gasteiger partial charge in [0.25, 0.3) is 17.4 Å². The molecule has 0 saturated heterocycles.